The normalized spacial score (nSPS) is 10.7. The van der Waals surface area contributed by atoms with Crippen LogP contribution in [0.2, 0.25) is 0 Å². The second-order valence-corrected chi connectivity index (χ2v) is 5.42. The highest BCUT2D eigenvalue weighted by Gasteiger charge is 2.12. The van der Waals surface area contributed by atoms with Crippen molar-refractivity contribution in [2.24, 2.45) is 5.92 Å². The van der Waals surface area contributed by atoms with Crippen LogP contribution in [0, 0.1) is 5.92 Å². The van der Waals surface area contributed by atoms with Crippen molar-refractivity contribution in [3.8, 4) is 17.0 Å². The highest BCUT2D eigenvalue weighted by Crippen LogP contribution is 2.28. The molecule has 0 spiro atoms. The molecular weight excluding hydrogens is 280 g/mol. The molecule has 0 saturated carbocycles. The summed E-state index contributed by atoms with van der Waals surface area (Å²) in [6.45, 7) is 6.95. The zero-order valence-corrected chi connectivity index (χ0v) is 13.1. The van der Waals surface area contributed by atoms with Crippen LogP contribution in [0.1, 0.15) is 31.1 Å². The van der Waals surface area contributed by atoms with Crippen LogP contribution in [-0.2, 0) is 6.54 Å². The minimum atomic E-state index is -0.373. The van der Waals surface area contributed by atoms with Gasteiger partial charge in [-0.3, -0.25) is 9.59 Å². The lowest BCUT2D eigenvalue weighted by Crippen LogP contribution is -2.25. The van der Waals surface area contributed by atoms with Gasteiger partial charge in [-0.2, -0.15) is 5.10 Å². The lowest BCUT2D eigenvalue weighted by Gasteiger charge is -2.13. The third kappa shape index (κ3) is 3.42. The van der Waals surface area contributed by atoms with Crippen molar-refractivity contribution >= 4 is 6.29 Å². The molecule has 0 amide bonds. The molecule has 0 unspecified atom stereocenters. The Balaban J connectivity index is 2.52. The molecule has 1 aromatic carbocycles. The van der Waals surface area contributed by atoms with E-state index in [2.05, 4.69) is 18.9 Å². The van der Waals surface area contributed by atoms with E-state index >= 15 is 0 Å². The number of benzene rings is 1. The Labute approximate surface area is 129 Å². The van der Waals surface area contributed by atoms with Crippen LogP contribution in [-0.4, -0.2) is 22.7 Å². The number of rotatable bonds is 6. The number of ether oxygens (including phenoxy) is 1. The van der Waals surface area contributed by atoms with E-state index in [0.717, 1.165) is 5.56 Å². The van der Waals surface area contributed by atoms with Crippen LogP contribution < -0.4 is 10.3 Å². The Hall–Kier alpha value is -2.43. The number of aldehydes is 1. The fourth-order valence-electron chi connectivity index (χ4n) is 2.05. The predicted molar refractivity (Wildman–Crippen MR) is 85.3 cm³/mol. The van der Waals surface area contributed by atoms with Gasteiger partial charge in [-0.1, -0.05) is 26.0 Å². The number of aromatic nitrogens is 2. The van der Waals surface area contributed by atoms with Crippen molar-refractivity contribution in [1.82, 2.24) is 9.78 Å². The van der Waals surface area contributed by atoms with Crippen molar-refractivity contribution in [3.63, 3.8) is 0 Å². The lowest BCUT2D eigenvalue weighted by molar-refractivity contribution is 0.112. The molecule has 0 bridgehead atoms. The first-order valence-electron chi connectivity index (χ1n) is 7.36. The Morgan fingerprint density at radius 2 is 2.05 bits per heavy atom. The second kappa shape index (κ2) is 7.02. The van der Waals surface area contributed by atoms with Gasteiger partial charge < -0.3 is 4.74 Å². The van der Waals surface area contributed by atoms with Gasteiger partial charge in [-0.25, -0.2) is 4.68 Å². The van der Waals surface area contributed by atoms with Gasteiger partial charge in [0, 0.05) is 12.1 Å². The first-order valence-corrected chi connectivity index (χ1v) is 7.36. The standard InChI is InChI=1S/C17H20N2O3/c1-4-19-17(21)13(10-20)9-15(18-19)14-7-5-6-8-16(14)22-11-12(2)3/h5-10,12H,4,11H2,1-3H3. The van der Waals surface area contributed by atoms with E-state index in [1.54, 1.807) is 0 Å². The molecule has 2 aromatic rings. The summed E-state index contributed by atoms with van der Waals surface area (Å²) in [5.74, 6) is 1.10. The van der Waals surface area contributed by atoms with Crippen LogP contribution >= 0.6 is 0 Å². The number of carbonyl (C=O) groups excluding carboxylic acids is 1. The minimum Gasteiger partial charge on any atom is -0.493 e. The predicted octanol–water partition coefficient (Wildman–Crippen LogP) is 2.78. The zero-order chi connectivity index (χ0) is 16.1. The van der Waals surface area contributed by atoms with Gasteiger partial charge in [-0.05, 0) is 31.0 Å². The smallest absolute Gasteiger partial charge is 0.277 e. The summed E-state index contributed by atoms with van der Waals surface area (Å²) in [6, 6.07) is 9.01. The molecule has 5 nitrogen and oxygen atoms in total. The first kappa shape index (κ1) is 15.9. The van der Waals surface area contributed by atoms with Crippen molar-refractivity contribution in [3.05, 3.63) is 46.2 Å². The van der Waals surface area contributed by atoms with Crippen LogP contribution in [0.5, 0.6) is 5.75 Å². The quantitative estimate of drug-likeness (QED) is 0.770. The Morgan fingerprint density at radius 1 is 1.32 bits per heavy atom. The van der Waals surface area contributed by atoms with Crippen molar-refractivity contribution in [2.75, 3.05) is 6.61 Å². The molecule has 1 heterocycles. The summed E-state index contributed by atoms with van der Waals surface area (Å²) in [5, 5.41) is 4.32. The van der Waals surface area contributed by atoms with E-state index in [1.165, 1.54) is 10.7 Å². The molecule has 22 heavy (non-hydrogen) atoms. The fraction of sp³-hybridized carbons (Fsp3) is 0.353. The van der Waals surface area contributed by atoms with Gasteiger partial charge in [0.2, 0.25) is 0 Å². The largest absolute Gasteiger partial charge is 0.493 e. The molecular formula is C17H20N2O3. The average molecular weight is 300 g/mol. The SMILES string of the molecule is CCn1nc(-c2ccccc2OCC(C)C)cc(C=O)c1=O. The molecule has 5 heteroatoms. The summed E-state index contributed by atoms with van der Waals surface area (Å²) in [7, 11) is 0. The van der Waals surface area contributed by atoms with Gasteiger partial charge in [0.15, 0.2) is 6.29 Å². The third-order valence-electron chi connectivity index (χ3n) is 3.16. The zero-order valence-electron chi connectivity index (χ0n) is 13.1. The van der Waals surface area contributed by atoms with Crippen molar-refractivity contribution in [2.45, 2.75) is 27.3 Å². The minimum absolute atomic E-state index is 0.102. The molecule has 0 saturated heterocycles. The van der Waals surface area contributed by atoms with E-state index in [-0.39, 0.29) is 11.1 Å². The topological polar surface area (TPSA) is 61.2 Å². The van der Waals surface area contributed by atoms with Gasteiger partial charge in [0.1, 0.15) is 5.75 Å². The summed E-state index contributed by atoms with van der Waals surface area (Å²) >= 11 is 0. The molecule has 0 aliphatic rings. The van der Waals surface area contributed by atoms with E-state index in [1.807, 2.05) is 31.2 Å². The summed E-state index contributed by atoms with van der Waals surface area (Å²) in [4.78, 5) is 23.1. The van der Waals surface area contributed by atoms with E-state index in [9.17, 15) is 9.59 Å². The van der Waals surface area contributed by atoms with Crippen LogP contribution in [0.4, 0.5) is 0 Å². The van der Waals surface area contributed by atoms with Crippen molar-refractivity contribution in [1.29, 1.82) is 0 Å². The summed E-state index contributed by atoms with van der Waals surface area (Å²) in [5.41, 5.74) is 1.06. The second-order valence-electron chi connectivity index (χ2n) is 5.42. The molecule has 0 fully saturated rings. The Morgan fingerprint density at radius 3 is 2.68 bits per heavy atom. The number of nitrogens with zero attached hydrogens (tertiary/aromatic N) is 2. The molecule has 0 aliphatic heterocycles. The van der Waals surface area contributed by atoms with Crippen LogP contribution in [0.3, 0.4) is 0 Å². The molecule has 0 atom stereocenters. The highest BCUT2D eigenvalue weighted by molar-refractivity contribution is 5.78. The van der Waals surface area contributed by atoms with E-state index in [4.69, 9.17) is 4.74 Å². The maximum absolute atomic E-state index is 12.0. The van der Waals surface area contributed by atoms with Gasteiger partial charge >= 0.3 is 0 Å². The number of para-hydroxylation sites is 1. The first-order chi connectivity index (χ1) is 10.6. The number of carbonyl (C=O) groups is 1. The van der Waals surface area contributed by atoms with Gasteiger partial charge in [0.25, 0.3) is 5.56 Å². The van der Waals surface area contributed by atoms with Crippen molar-refractivity contribution < 1.29 is 9.53 Å². The molecule has 1 aromatic heterocycles. The summed E-state index contributed by atoms with van der Waals surface area (Å²) < 4.78 is 7.10. The number of hydrogen-bond acceptors (Lipinski definition) is 4. The highest BCUT2D eigenvalue weighted by atomic mass is 16.5. The van der Waals surface area contributed by atoms with E-state index in [0.29, 0.717) is 36.8 Å². The molecule has 0 radical (unpaired) electrons. The number of aryl methyl sites for hydroxylation is 1. The van der Waals surface area contributed by atoms with Gasteiger partial charge in [0.05, 0.1) is 17.9 Å². The van der Waals surface area contributed by atoms with Crippen LogP contribution in [0.25, 0.3) is 11.3 Å². The maximum atomic E-state index is 12.0. The van der Waals surface area contributed by atoms with Crippen LogP contribution in [0.15, 0.2) is 35.1 Å². The summed E-state index contributed by atoms with van der Waals surface area (Å²) in [6.07, 6.45) is 0.567. The average Bonchev–Trinajstić information content (AvgIpc) is 2.53. The van der Waals surface area contributed by atoms with E-state index < -0.39 is 0 Å². The molecule has 0 aliphatic carbocycles. The maximum Gasteiger partial charge on any atom is 0.277 e. The molecule has 2 rings (SSSR count). The fourth-order valence-corrected chi connectivity index (χ4v) is 2.05. The Kier molecular flexibility index (Phi) is 5.09. The monoisotopic (exact) mass is 300 g/mol. The third-order valence-corrected chi connectivity index (χ3v) is 3.16. The number of hydrogen-bond donors (Lipinski definition) is 0. The lowest BCUT2D eigenvalue weighted by atomic mass is 10.1. The molecule has 116 valence electrons. The molecule has 0 N–H and O–H groups in total. The Bertz CT molecular complexity index is 720. The van der Waals surface area contributed by atoms with Gasteiger partial charge in [-0.15, -0.1) is 0 Å².